The highest BCUT2D eigenvalue weighted by Crippen LogP contribution is 2.29. The fourth-order valence-corrected chi connectivity index (χ4v) is 3.02. The molecular formula is C23H19N7O2. The Bertz CT molecular complexity index is 1320. The molecule has 0 unspecified atom stereocenters. The molecule has 0 atom stereocenters. The highest BCUT2D eigenvalue weighted by Gasteiger charge is 2.12. The molecule has 158 valence electrons. The second-order valence-electron chi connectivity index (χ2n) is 6.70. The number of anilines is 2. The average Bonchev–Trinajstić information content (AvgIpc) is 3.23. The van der Waals surface area contributed by atoms with Gasteiger partial charge in [0.25, 0.3) is 0 Å². The van der Waals surface area contributed by atoms with Crippen LogP contribution < -0.4 is 15.4 Å². The van der Waals surface area contributed by atoms with Crippen LogP contribution in [0, 0.1) is 11.3 Å². The fourth-order valence-electron chi connectivity index (χ4n) is 3.02. The van der Waals surface area contributed by atoms with Gasteiger partial charge in [-0.3, -0.25) is 9.78 Å². The number of aromatic amines is 1. The Morgan fingerprint density at radius 3 is 3.00 bits per heavy atom. The first-order chi connectivity index (χ1) is 15.7. The minimum Gasteiger partial charge on any atom is -0.437 e. The van der Waals surface area contributed by atoms with E-state index in [1.54, 1.807) is 36.7 Å². The first kappa shape index (κ1) is 20.6. The topological polar surface area (TPSA) is 129 Å². The van der Waals surface area contributed by atoms with Gasteiger partial charge in [0.2, 0.25) is 11.8 Å². The van der Waals surface area contributed by atoms with Crippen molar-refractivity contribution in [2.45, 2.75) is 6.42 Å². The monoisotopic (exact) mass is 425 g/mol. The van der Waals surface area contributed by atoms with Crippen LogP contribution in [0.4, 0.5) is 11.4 Å². The maximum atomic E-state index is 11.5. The van der Waals surface area contributed by atoms with E-state index in [1.807, 2.05) is 12.1 Å². The molecule has 0 saturated heterocycles. The molecule has 32 heavy (non-hydrogen) atoms. The molecule has 1 amide bonds. The zero-order valence-corrected chi connectivity index (χ0v) is 17.0. The highest BCUT2D eigenvalue weighted by atomic mass is 16.5. The molecule has 4 rings (SSSR count). The van der Waals surface area contributed by atoms with E-state index < -0.39 is 0 Å². The Hall–Kier alpha value is -4.71. The summed E-state index contributed by atoms with van der Waals surface area (Å²) in [5.41, 5.74) is 4.13. The van der Waals surface area contributed by atoms with Crippen LogP contribution >= 0.6 is 0 Å². The number of fused-ring (bicyclic) bond motifs is 1. The molecule has 0 spiro atoms. The fraction of sp³-hybridized carbons (Fsp3) is 0.0870. The Morgan fingerprint density at radius 1 is 1.25 bits per heavy atom. The third-order valence-electron chi connectivity index (χ3n) is 4.47. The van der Waals surface area contributed by atoms with Crippen LogP contribution in [0.1, 0.15) is 6.42 Å². The predicted molar refractivity (Wildman–Crippen MR) is 121 cm³/mol. The van der Waals surface area contributed by atoms with Gasteiger partial charge in [-0.05, 0) is 30.3 Å². The largest absolute Gasteiger partial charge is 0.437 e. The number of pyridine rings is 1. The summed E-state index contributed by atoms with van der Waals surface area (Å²) >= 11 is 0. The van der Waals surface area contributed by atoms with E-state index in [4.69, 9.17) is 10.00 Å². The standard InChI is InChI=1S/C23H19N7O2/c1-2-20(31)29-16-5-3-6-17(11-16)32-21-14-28-23-22(30-21)18(13-27-23)19-12-15(7-10-26-19)25-9-4-8-24/h2-3,5-7,10-14H,1,4,9H2,(H,25,26)(H,27,28)(H,29,31). The van der Waals surface area contributed by atoms with Crippen molar-refractivity contribution < 1.29 is 9.53 Å². The van der Waals surface area contributed by atoms with E-state index in [1.165, 1.54) is 12.3 Å². The predicted octanol–water partition coefficient (Wildman–Crippen LogP) is 4.26. The zero-order valence-electron chi connectivity index (χ0n) is 17.0. The molecule has 1 aromatic carbocycles. The maximum absolute atomic E-state index is 11.5. The molecule has 0 radical (unpaired) electrons. The second-order valence-corrected chi connectivity index (χ2v) is 6.70. The van der Waals surface area contributed by atoms with Crippen LogP contribution in [-0.2, 0) is 4.79 Å². The zero-order chi connectivity index (χ0) is 22.3. The Labute approximate surface area is 183 Å². The Kier molecular flexibility index (Phi) is 6.04. The molecular weight excluding hydrogens is 406 g/mol. The molecule has 0 fully saturated rings. The third kappa shape index (κ3) is 4.71. The SMILES string of the molecule is C=CC(=O)Nc1cccc(Oc2cnc3[nH]cc(-c4cc(NCCC#N)ccn4)c3n2)c1. The van der Waals surface area contributed by atoms with E-state index >= 15 is 0 Å². The summed E-state index contributed by atoms with van der Waals surface area (Å²) in [5, 5.41) is 14.6. The number of nitrogens with zero attached hydrogens (tertiary/aromatic N) is 4. The summed E-state index contributed by atoms with van der Waals surface area (Å²) in [5.74, 6) is 0.491. The number of ether oxygens (including phenoxy) is 1. The smallest absolute Gasteiger partial charge is 0.247 e. The van der Waals surface area contributed by atoms with Gasteiger partial charge in [0.1, 0.15) is 11.3 Å². The van der Waals surface area contributed by atoms with E-state index in [9.17, 15) is 4.79 Å². The maximum Gasteiger partial charge on any atom is 0.247 e. The number of amides is 1. The number of nitrogens with one attached hydrogen (secondary N) is 3. The number of nitriles is 1. The summed E-state index contributed by atoms with van der Waals surface area (Å²) in [4.78, 5) is 28.0. The normalized spacial score (nSPS) is 10.3. The summed E-state index contributed by atoms with van der Waals surface area (Å²) in [6.45, 7) is 4.00. The van der Waals surface area contributed by atoms with Crippen LogP contribution in [0.3, 0.4) is 0 Å². The van der Waals surface area contributed by atoms with Crippen LogP contribution in [0.15, 0.2) is 67.6 Å². The Balaban J connectivity index is 1.59. The average molecular weight is 425 g/mol. The lowest BCUT2D eigenvalue weighted by atomic mass is 10.2. The lowest BCUT2D eigenvalue weighted by Gasteiger charge is -2.08. The van der Waals surface area contributed by atoms with Crippen molar-refractivity contribution in [3.05, 3.63) is 67.6 Å². The van der Waals surface area contributed by atoms with Crippen LogP contribution in [0.25, 0.3) is 22.4 Å². The molecule has 3 N–H and O–H groups in total. The van der Waals surface area contributed by atoms with Crippen molar-refractivity contribution in [1.29, 1.82) is 5.26 Å². The van der Waals surface area contributed by atoms with Crippen molar-refractivity contribution in [3.63, 3.8) is 0 Å². The van der Waals surface area contributed by atoms with Crippen LogP contribution in [0.5, 0.6) is 11.6 Å². The lowest BCUT2D eigenvalue weighted by Crippen LogP contribution is -2.07. The van der Waals surface area contributed by atoms with Gasteiger partial charge in [0.05, 0.1) is 24.4 Å². The van der Waals surface area contributed by atoms with Gasteiger partial charge in [-0.2, -0.15) is 5.26 Å². The third-order valence-corrected chi connectivity index (χ3v) is 4.47. The van der Waals surface area contributed by atoms with Gasteiger partial charge in [-0.15, -0.1) is 0 Å². The number of hydrogen-bond donors (Lipinski definition) is 3. The first-order valence-electron chi connectivity index (χ1n) is 9.79. The molecule has 3 heterocycles. The molecule has 9 nitrogen and oxygen atoms in total. The number of H-pyrrole nitrogens is 1. The number of aromatic nitrogens is 4. The molecule has 0 aliphatic heterocycles. The number of rotatable bonds is 8. The number of carbonyl (C=O) groups is 1. The van der Waals surface area contributed by atoms with E-state index in [0.29, 0.717) is 47.1 Å². The summed E-state index contributed by atoms with van der Waals surface area (Å²) in [6, 6.07) is 12.8. The van der Waals surface area contributed by atoms with Crippen molar-refractivity contribution >= 4 is 28.4 Å². The van der Waals surface area contributed by atoms with Gasteiger partial charge in [0, 0.05) is 41.9 Å². The van der Waals surface area contributed by atoms with Crippen molar-refractivity contribution in [3.8, 4) is 29.0 Å². The van der Waals surface area contributed by atoms with Crippen molar-refractivity contribution in [2.24, 2.45) is 0 Å². The molecule has 9 heteroatoms. The minimum absolute atomic E-state index is 0.300. The summed E-state index contributed by atoms with van der Waals surface area (Å²) in [7, 11) is 0. The van der Waals surface area contributed by atoms with Crippen LogP contribution in [0.2, 0.25) is 0 Å². The lowest BCUT2D eigenvalue weighted by molar-refractivity contribution is -0.111. The van der Waals surface area contributed by atoms with Gasteiger partial charge >= 0.3 is 0 Å². The molecule has 0 saturated carbocycles. The van der Waals surface area contributed by atoms with Crippen molar-refractivity contribution in [1.82, 2.24) is 19.9 Å². The molecule has 0 aliphatic carbocycles. The highest BCUT2D eigenvalue weighted by molar-refractivity contribution is 5.99. The number of benzene rings is 1. The van der Waals surface area contributed by atoms with E-state index in [0.717, 1.165) is 11.3 Å². The summed E-state index contributed by atoms with van der Waals surface area (Å²) in [6.07, 6.45) is 6.61. The minimum atomic E-state index is -0.308. The number of hydrogen-bond acceptors (Lipinski definition) is 7. The quantitative estimate of drug-likeness (QED) is 0.284. The van der Waals surface area contributed by atoms with Gasteiger partial charge in [0.15, 0.2) is 5.65 Å². The number of carbonyl (C=O) groups excluding carboxylic acids is 1. The van der Waals surface area contributed by atoms with E-state index in [2.05, 4.69) is 43.2 Å². The second kappa shape index (κ2) is 9.40. The van der Waals surface area contributed by atoms with Gasteiger partial charge in [-0.25, -0.2) is 9.97 Å². The summed E-state index contributed by atoms with van der Waals surface area (Å²) < 4.78 is 5.86. The molecule has 3 aromatic heterocycles. The van der Waals surface area contributed by atoms with Crippen LogP contribution in [-0.4, -0.2) is 32.4 Å². The van der Waals surface area contributed by atoms with E-state index in [-0.39, 0.29) is 5.91 Å². The Morgan fingerprint density at radius 2 is 2.16 bits per heavy atom. The molecule has 4 aromatic rings. The van der Waals surface area contributed by atoms with Gasteiger partial charge in [-0.1, -0.05) is 12.6 Å². The molecule has 0 bridgehead atoms. The molecule has 0 aliphatic rings. The van der Waals surface area contributed by atoms with Crippen molar-refractivity contribution in [2.75, 3.05) is 17.2 Å². The first-order valence-corrected chi connectivity index (χ1v) is 9.79. The van der Waals surface area contributed by atoms with Gasteiger partial charge < -0.3 is 20.4 Å².